The quantitative estimate of drug-likeness (QED) is 0.0852. The number of anilines is 4. The van der Waals surface area contributed by atoms with Gasteiger partial charge in [0.05, 0.1) is 22.0 Å². The van der Waals surface area contributed by atoms with Gasteiger partial charge in [-0.25, -0.2) is 8.42 Å². The van der Waals surface area contributed by atoms with Crippen molar-refractivity contribution >= 4 is 38.7 Å². The van der Waals surface area contributed by atoms with Gasteiger partial charge in [-0.1, -0.05) is 155 Å². The smallest absolute Gasteiger partial charge is 0.262 e. The molecule has 0 aliphatic carbocycles. The molecular formula is C44H67N3O3S. The SMILES string of the molecule is CCCCCCCCCCCCCCCC(=O)Nc1cc(NS(=O)(=O)c2c(C(C)C)cc(C(C)C)cc2C(C)C)ccc1Nc1ccc(C)cc1. The Morgan fingerprint density at radius 1 is 0.608 bits per heavy atom. The summed E-state index contributed by atoms with van der Waals surface area (Å²) in [6.07, 6.45) is 16.7. The van der Waals surface area contributed by atoms with Crippen LogP contribution in [-0.4, -0.2) is 14.3 Å². The van der Waals surface area contributed by atoms with Crippen molar-refractivity contribution < 1.29 is 13.2 Å². The highest BCUT2D eigenvalue weighted by atomic mass is 32.2. The molecule has 0 aliphatic rings. The second-order valence-corrected chi connectivity index (χ2v) is 17.0. The summed E-state index contributed by atoms with van der Waals surface area (Å²) in [6.45, 7) is 16.7. The zero-order chi connectivity index (χ0) is 37.4. The third-order valence-corrected chi connectivity index (χ3v) is 11.2. The van der Waals surface area contributed by atoms with Gasteiger partial charge in [0.15, 0.2) is 0 Å². The summed E-state index contributed by atoms with van der Waals surface area (Å²) in [6, 6.07) is 17.4. The molecule has 0 aliphatic heterocycles. The van der Waals surface area contributed by atoms with E-state index in [0.29, 0.717) is 28.4 Å². The Bertz CT molecular complexity index is 1580. The van der Waals surface area contributed by atoms with Gasteiger partial charge in [-0.15, -0.1) is 0 Å². The van der Waals surface area contributed by atoms with Crippen LogP contribution in [0.15, 0.2) is 59.5 Å². The van der Waals surface area contributed by atoms with Crippen molar-refractivity contribution in [3.05, 3.63) is 76.9 Å². The number of hydrogen-bond donors (Lipinski definition) is 3. The first-order valence-corrected chi connectivity index (χ1v) is 21.3. The van der Waals surface area contributed by atoms with E-state index in [0.717, 1.165) is 47.2 Å². The normalized spacial score (nSPS) is 11.8. The van der Waals surface area contributed by atoms with Crippen LogP contribution in [0.2, 0.25) is 0 Å². The van der Waals surface area contributed by atoms with Crippen molar-refractivity contribution in [3.8, 4) is 0 Å². The summed E-state index contributed by atoms with van der Waals surface area (Å²) in [5.74, 6) is 0.255. The van der Waals surface area contributed by atoms with Gasteiger partial charge in [0, 0.05) is 12.1 Å². The van der Waals surface area contributed by atoms with Crippen LogP contribution in [0.3, 0.4) is 0 Å². The van der Waals surface area contributed by atoms with Crippen LogP contribution in [0.25, 0.3) is 0 Å². The van der Waals surface area contributed by atoms with E-state index in [1.165, 1.54) is 64.2 Å². The standard InChI is InChI=1S/C44H67N3O3S/c1-9-10-11-12-13-14-15-16-17-18-19-20-21-22-43(48)46-42-31-38(27-28-41(42)45-37-25-23-35(8)24-26-37)47-51(49,50)44-39(33(4)5)29-36(32(2)3)30-40(44)34(6)7/h23-34,45,47H,9-22H2,1-8H3,(H,46,48). The van der Waals surface area contributed by atoms with Crippen molar-refractivity contribution in [1.82, 2.24) is 0 Å². The molecule has 3 N–H and O–H groups in total. The minimum Gasteiger partial charge on any atom is -0.354 e. The average Bonchev–Trinajstić information content (AvgIpc) is 3.08. The molecule has 0 spiro atoms. The lowest BCUT2D eigenvalue weighted by Gasteiger charge is -2.23. The number of nitrogens with one attached hydrogen (secondary N) is 3. The number of aryl methyl sites for hydroxylation is 1. The zero-order valence-electron chi connectivity index (χ0n) is 33.0. The second kappa shape index (κ2) is 21.3. The fourth-order valence-electron chi connectivity index (χ4n) is 6.53. The van der Waals surface area contributed by atoms with Gasteiger partial charge in [0.2, 0.25) is 5.91 Å². The molecule has 0 atom stereocenters. The van der Waals surface area contributed by atoms with Crippen molar-refractivity contribution in [2.24, 2.45) is 0 Å². The van der Waals surface area contributed by atoms with Gasteiger partial charge in [-0.05, 0) is 78.1 Å². The Kier molecular flexibility index (Phi) is 17.6. The maximum Gasteiger partial charge on any atom is 0.262 e. The predicted octanol–water partition coefficient (Wildman–Crippen LogP) is 13.3. The highest BCUT2D eigenvalue weighted by Crippen LogP contribution is 2.37. The van der Waals surface area contributed by atoms with Crippen LogP contribution < -0.4 is 15.4 Å². The first kappa shape index (κ1) is 42.1. The molecule has 7 heteroatoms. The topological polar surface area (TPSA) is 87.3 Å². The third kappa shape index (κ3) is 14.0. The summed E-state index contributed by atoms with van der Waals surface area (Å²) in [5, 5.41) is 6.51. The number of carbonyl (C=O) groups is 1. The number of rotatable bonds is 23. The van der Waals surface area contributed by atoms with Crippen LogP contribution in [0.1, 0.15) is 178 Å². The Morgan fingerprint density at radius 2 is 1.10 bits per heavy atom. The number of sulfonamides is 1. The number of hydrogen-bond acceptors (Lipinski definition) is 4. The lowest BCUT2D eigenvalue weighted by atomic mass is 9.89. The molecule has 3 rings (SSSR count). The van der Waals surface area contributed by atoms with Crippen molar-refractivity contribution in [2.75, 3.05) is 15.4 Å². The van der Waals surface area contributed by atoms with Crippen molar-refractivity contribution in [3.63, 3.8) is 0 Å². The number of benzene rings is 3. The highest BCUT2D eigenvalue weighted by molar-refractivity contribution is 7.92. The summed E-state index contributed by atoms with van der Waals surface area (Å²) >= 11 is 0. The van der Waals surface area contributed by atoms with Crippen molar-refractivity contribution in [1.29, 1.82) is 0 Å². The van der Waals surface area contributed by atoms with E-state index in [1.54, 1.807) is 12.1 Å². The van der Waals surface area contributed by atoms with E-state index < -0.39 is 10.0 Å². The minimum absolute atomic E-state index is 0.0221. The molecule has 0 saturated heterocycles. The maximum atomic E-state index is 14.2. The van der Waals surface area contributed by atoms with E-state index in [1.807, 2.05) is 77.1 Å². The molecule has 0 bridgehead atoms. The summed E-state index contributed by atoms with van der Waals surface area (Å²) in [5.41, 5.74) is 6.46. The molecule has 51 heavy (non-hydrogen) atoms. The molecule has 0 fully saturated rings. The Labute approximate surface area is 311 Å². The summed E-state index contributed by atoms with van der Waals surface area (Å²) in [4.78, 5) is 13.6. The van der Waals surface area contributed by atoms with Gasteiger partial charge in [-0.3, -0.25) is 9.52 Å². The number of amides is 1. The predicted molar refractivity (Wildman–Crippen MR) is 219 cm³/mol. The molecule has 0 unspecified atom stereocenters. The van der Waals surface area contributed by atoms with Gasteiger partial charge in [0.1, 0.15) is 0 Å². The molecule has 0 saturated carbocycles. The first-order chi connectivity index (χ1) is 24.3. The highest BCUT2D eigenvalue weighted by Gasteiger charge is 2.27. The molecule has 0 radical (unpaired) electrons. The van der Waals surface area contributed by atoms with Crippen LogP contribution in [0, 0.1) is 6.92 Å². The van der Waals surface area contributed by atoms with Gasteiger partial charge in [-0.2, -0.15) is 0 Å². The van der Waals surface area contributed by atoms with E-state index in [4.69, 9.17) is 0 Å². The molecule has 0 aromatic heterocycles. The van der Waals surface area contributed by atoms with Crippen LogP contribution in [-0.2, 0) is 14.8 Å². The van der Waals surface area contributed by atoms with E-state index in [2.05, 4.69) is 36.1 Å². The lowest BCUT2D eigenvalue weighted by molar-refractivity contribution is -0.116. The fourth-order valence-corrected chi connectivity index (χ4v) is 8.28. The van der Waals surface area contributed by atoms with Crippen LogP contribution in [0.5, 0.6) is 0 Å². The van der Waals surface area contributed by atoms with Gasteiger partial charge in [0.25, 0.3) is 10.0 Å². The minimum atomic E-state index is -3.95. The van der Waals surface area contributed by atoms with E-state index in [-0.39, 0.29) is 23.7 Å². The molecule has 6 nitrogen and oxygen atoms in total. The maximum absolute atomic E-state index is 14.2. The molecule has 1 amide bonds. The molecule has 0 heterocycles. The lowest BCUT2D eigenvalue weighted by Crippen LogP contribution is -2.19. The van der Waals surface area contributed by atoms with Crippen LogP contribution in [0.4, 0.5) is 22.7 Å². The number of carbonyl (C=O) groups excluding carboxylic acids is 1. The monoisotopic (exact) mass is 717 g/mol. The molecule has 3 aromatic rings. The summed E-state index contributed by atoms with van der Waals surface area (Å²) < 4.78 is 31.3. The molecular weight excluding hydrogens is 651 g/mol. The number of unbranched alkanes of at least 4 members (excludes halogenated alkanes) is 12. The Morgan fingerprint density at radius 3 is 1.59 bits per heavy atom. The largest absolute Gasteiger partial charge is 0.354 e. The van der Waals surface area contributed by atoms with Gasteiger partial charge < -0.3 is 10.6 Å². The van der Waals surface area contributed by atoms with E-state index in [9.17, 15) is 13.2 Å². The fraction of sp³-hybridized carbons (Fsp3) is 0.568. The van der Waals surface area contributed by atoms with Crippen LogP contribution >= 0.6 is 0 Å². The Hall–Kier alpha value is -3.32. The molecule has 3 aromatic carbocycles. The Balaban J connectivity index is 1.71. The first-order valence-electron chi connectivity index (χ1n) is 19.8. The third-order valence-electron chi connectivity index (χ3n) is 9.73. The molecule has 282 valence electrons. The second-order valence-electron chi connectivity index (χ2n) is 15.4. The zero-order valence-corrected chi connectivity index (χ0v) is 33.8. The van der Waals surface area contributed by atoms with E-state index >= 15 is 0 Å². The average molecular weight is 718 g/mol. The summed E-state index contributed by atoms with van der Waals surface area (Å²) in [7, 11) is -3.95. The van der Waals surface area contributed by atoms with Gasteiger partial charge >= 0.3 is 0 Å². The van der Waals surface area contributed by atoms with Crippen molar-refractivity contribution in [2.45, 2.75) is 168 Å².